The molecule has 2 unspecified atom stereocenters. The number of alkyl halides is 2. The molecule has 1 aliphatic rings. The third-order valence-electron chi connectivity index (χ3n) is 3.88. The molecular weight excluding hydrogens is 390 g/mol. The molecule has 172 valence electrons. The van der Waals surface area contributed by atoms with Gasteiger partial charge in [0.05, 0.1) is 18.4 Å². The van der Waals surface area contributed by atoms with Crippen LogP contribution in [0.15, 0.2) is 0 Å². The normalized spacial score (nSPS) is 15.9. The minimum atomic E-state index is -3.02. The van der Waals surface area contributed by atoms with Crippen LogP contribution in [0.1, 0.15) is 82.1 Å². The summed E-state index contributed by atoms with van der Waals surface area (Å²) < 4.78 is 54.6. The van der Waals surface area contributed by atoms with Gasteiger partial charge in [-0.3, -0.25) is 0 Å². The molecule has 0 aromatic heterocycles. The zero-order valence-corrected chi connectivity index (χ0v) is 20.3. The summed E-state index contributed by atoms with van der Waals surface area (Å²) in [5.41, 5.74) is -0.0119. The number of hydrogen-bond acceptors (Lipinski definition) is 4. The molecule has 0 aromatic rings. The van der Waals surface area contributed by atoms with E-state index in [-0.39, 0.29) is 16.7 Å². The number of ether oxygens (including phenoxy) is 1. The van der Waals surface area contributed by atoms with Gasteiger partial charge in [0.25, 0.3) is 5.92 Å². The minimum absolute atomic E-state index is 0.00176. The largest absolute Gasteiger partial charge is 0.453 e. The van der Waals surface area contributed by atoms with Crippen molar-refractivity contribution in [2.24, 2.45) is 5.41 Å². The molecule has 6 nitrogen and oxygen atoms in total. The van der Waals surface area contributed by atoms with Gasteiger partial charge < -0.3 is 10.1 Å². The smallest absolute Gasteiger partial charge is 0.407 e. The second-order valence-corrected chi connectivity index (χ2v) is 9.26. The van der Waals surface area contributed by atoms with Crippen LogP contribution in [0.4, 0.5) is 13.6 Å². The van der Waals surface area contributed by atoms with E-state index in [0.29, 0.717) is 0 Å². The summed E-state index contributed by atoms with van der Waals surface area (Å²) in [5.74, 6) is -2.92. The molecule has 0 aromatic carbocycles. The second-order valence-electron chi connectivity index (χ2n) is 7.26. The van der Waals surface area contributed by atoms with Crippen LogP contribution in [-0.2, 0) is 14.8 Å². The lowest BCUT2D eigenvalue weighted by Crippen LogP contribution is -2.43. The lowest BCUT2D eigenvalue weighted by molar-refractivity contribution is -0.0114. The van der Waals surface area contributed by atoms with Crippen molar-refractivity contribution in [3.05, 3.63) is 0 Å². The average molecular weight is 433 g/mol. The molecule has 0 spiro atoms. The molecular formula is C19H42F2N2O4S. The quantitative estimate of drug-likeness (QED) is 0.644. The number of carbonyl (C=O) groups is 1. The first kappa shape index (κ1) is 31.7. The number of alkyl carbamates (subject to hydrolysis) is 1. The summed E-state index contributed by atoms with van der Waals surface area (Å²) in [6.07, 6.45) is 0.803. The fourth-order valence-corrected chi connectivity index (χ4v) is 3.06. The highest BCUT2D eigenvalue weighted by Gasteiger charge is 2.38. The zero-order chi connectivity index (χ0) is 23.3. The number of hydrogen-bond donors (Lipinski definition) is 2. The number of nitrogens with one attached hydrogen (secondary N) is 2. The highest BCUT2D eigenvalue weighted by atomic mass is 32.2. The van der Waals surface area contributed by atoms with Gasteiger partial charge in [0, 0.05) is 13.0 Å². The second kappa shape index (κ2) is 14.1. The first-order valence-electron chi connectivity index (χ1n) is 9.84. The number of carbonyl (C=O) groups excluding carboxylic acids is 1. The number of amides is 1. The molecule has 2 N–H and O–H groups in total. The third kappa shape index (κ3) is 15.0. The van der Waals surface area contributed by atoms with Gasteiger partial charge in [0.2, 0.25) is 10.0 Å². The van der Waals surface area contributed by atoms with Gasteiger partial charge in [-0.1, -0.05) is 48.5 Å². The van der Waals surface area contributed by atoms with E-state index in [1.807, 2.05) is 60.7 Å². The van der Waals surface area contributed by atoms with E-state index in [4.69, 9.17) is 0 Å². The molecule has 9 heteroatoms. The van der Waals surface area contributed by atoms with Crippen molar-refractivity contribution in [2.45, 2.75) is 105 Å². The molecule has 1 fully saturated rings. The van der Waals surface area contributed by atoms with Crippen molar-refractivity contribution < 1.29 is 26.7 Å². The molecule has 0 bridgehead atoms. The van der Waals surface area contributed by atoms with Crippen LogP contribution in [0.3, 0.4) is 0 Å². The lowest BCUT2D eigenvalue weighted by atomic mass is 9.89. The summed E-state index contributed by atoms with van der Waals surface area (Å²) in [6, 6.07) is -1.21. The predicted molar refractivity (Wildman–Crippen MR) is 112 cm³/mol. The van der Waals surface area contributed by atoms with Gasteiger partial charge in [0.15, 0.2) is 0 Å². The van der Waals surface area contributed by atoms with Crippen LogP contribution in [0.5, 0.6) is 0 Å². The average Bonchev–Trinajstić information content (AvgIpc) is 3.42. The summed E-state index contributed by atoms with van der Waals surface area (Å²) in [7, 11) is -1.90. The maximum Gasteiger partial charge on any atom is 0.407 e. The Bertz CT molecular complexity index is 511. The van der Waals surface area contributed by atoms with Gasteiger partial charge in [-0.05, 0) is 32.1 Å². The van der Waals surface area contributed by atoms with Crippen molar-refractivity contribution in [3.63, 3.8) is 0 Å². The Morgan fingerprint density at radius 3 is 1.64 bits per heavy atom. The number of methoxy groups -OCH3 is 1. The van der Waals surface area contributed by atoms with E-state index < -0.39 is 28.1 Å². The Hall–Kier alpha value is -0.960. The molecule has 28 heavy (non-hydrogen) atoms. The van der Waals surface area contributed by atoms with E-state index in [2.05, 4.69) is 9.46 Å². The van der Waals surface area contributed by atoms with Crippen molar-refractivity contribution in [1.82, 2.24) is 10.0 Å². The zero-order valence-electron chi connectivity index (χ0n) is 19.4. The number of halogens is 2. The maximum absolute atomic E-state index is 12.3. The Morgan fingerprint density at radius 2 is 1.39 bits per heavy atom. The van der Waals surface area contributed by atoms with Gasteiger partial charge in [-0.15, -0.1) is 0 Å². The number of sulfonamides is 1. The van der Waals surface area contributed by atoms with E-state index in [1.54, 1.807) is 0 Å². The Balaban J connectivity index is -0.000000383. The van der Waals surface area contributed by atoms with Gasteiger partial charge >= 0.3 is 6.09 Å². The standard InChI is InChI=1S/C9H19NO2S.C6H11F2NO2.2C2H6/c1-7(9(2,3)4)10-13(11,12)8-5-6-8;1-4(6(2,7)8)9-5(10)11-3;2*1-2/h7-8,10H,5-6H2,1-4H3;4H,1-3H3,(H,9,10);2*1-2H3. The van der Waals surface area contributed by atoms with Crippen LogP contribution in [-0.4, -0.2) is 44.9 Å². The molecule has 1 saturated carbocycles. The fourth-order valence-electron chi connectivity index (χ4n) is 1.26. The number of rotatable bonds is 5. The first-order chi connectivity index (χ1) is 12.6. The summed E-state index contributed by atoms with van der Waals surface area (Å²) in [6.45, 7) is 18.0. The Kier molecular flexibility index (Phi) is 16.0. The predicted octanol–water partition coefficient (Wildman–Crippen LogP) is 4.94. The van der Waals surface area contributed by atoms with Gasteiger partial charge in [0.1, 0.15) is 0 Å². The SMILES string of the molecule is CC.CC.CC(NS(=O)(=O)C1CC1)C(C)(C)C.COC(=O)NC(C)C(C)(F)F. The monoisotopic (exact) mass is 432 g/mol. The molecule has 1 amide bonds. The maximum atomic E-state index is 12.3. The van der Waals surface area contributed by atoms with Gasteiger partial charge in [-0.25, -0.2) is 26.7 Å². The molecule has 0 aliphatic heterocycles. The van der Waals surface area contributed by atoms with Gasteiger partial charge in [-0.2, -0.15) is 0 Å². The molecule has 1 rings (SSSR count). The van der Waals surface area contributed by atoms with Crippen LogP contribution >= 0.6 is 0 Å². The highest BCUT2D eigenvalue weighted by molar-refractivity contribution is 7.90. The van der Waals surface area contributed by atoms with Crippen LogP contribution in [0.25, 0.3) is 0 Å². The molecule has 2 atom stereocenters. The Morgan fingerprint density at radius 1 is 1.00 bits per heavy atom. The lowest BCUT2D eigenvalue weighted by Gasteiger charge is -2.27. The van der Waals surface area contributed by atoms with Crippen molar-refractivity contribution in [3.8, 4) is 0 Å². The molecule has 0 saturated heterocycles. The summed E-state index contributed by atoms with van der Waals surface area (Å²) >= 11 is 0. The van der Waals surface area contributed by atoms with Crippen LogP contribution in [0.2, 0.25) is 0 Å². The highest BCUT2D eigenvalue weighted by Crippen LogP contribution is 2.29. The van der Waals surface area contributed by atoms with Crippen LogP contribution < -0.4 is 10.0 Å². The van der Waals surface area contributed by atoms with Crippen LogP contribution in [0, 0.1) is 5.41 Å². The fraction of sp³-hybridized carbons (Fsp3) is 0.947. The van der Waals surface area contributed by atoms with E-state index in [1.165, 1.54) is 6.92 Å². The third-order valence-corrected chi connectivity index (χ3v) is 5.91. The summed E-state index contributed by atoms with van der Waals surface area (Å²) in [4.78, 5) is 10.4. The van der Waals surface area contributed by atoms with E-state index >= 15 is 0 Å². The molecule has 0 radical (unpaired) electrons. The minimum Gasteiger partial charge on any atom is -0.453 e. The summed E-state index contributed by atoms with van der Waals surface area (Å²) in [5, 5.41) is 1.84. The van der Waals surface area contributed by atoms with Crippen molar-refractivity contribution >= 4 is 16.1 Å². The first-order valence-corrected chi connectivity index (χ1v) is 11.4. The van der Waals surface area contributed by atoms with Crippen molar-refractivity contribution in [2.75, 3.05) is 7.11 Å². The van der Waals surface area contributed by atoms with E-state index in [9.17, 15) is 22.0 Å². The topological polar surface area (TPSA) is 84.5 Å². The van der Waals surface area contributed by atoms with E-state index in [0.717, 1.165) is 26.9 Å². The molecule has 1 aliphatic carbocycles. The Labute approximate surface area is 171 Å². The van der Waals surface area contributed by atoms with Crippen molar-refractivity contribution in [1.29, 1.82) is 0 Å². The molecule has 0 heterocycles.